The van der Waals surface area contributed by atoms with Crippen LogP contribution in [0.4, 0.5) is 26.3 Å². The number of carbonyl (C=O) groups excluding carboxylic acids is 4. The molecular weight excluding hydrogens is 1000 g/mol. The van der Waals surface area contributed by atoms with Crippen LogP contribution in [0, 0.1) is 23.7 Å². The number of amides is 4. The van der Waals surface area contributed by atoms with E-state index < -0.39 is 82.9 Å². The molecule has 1 fully saturated rings. The van der Waals surface area contributed by atoms with Crippen LogP contribution in [-0.2, 0) is 58.9 Å². The van der Waals surface area contributed by atoms with E-state index in [0.29, 0.717) is 17.7 Å². The first-order chi connectivity index (χ1) is 35.0. The molecule has 0 bridgehead atoms. The summed E-state index contributed by atoms with van der Waals surface area (Å²) in [5, 5.41) is 28.4. The van der Waals surface area contributed by atoms with E-state index >= 15 is 0 Å². The van der Waals surface area contributed by atoms with Crippen molar-refractivity contribution in [1.29, 1.82) is 5.26 Å². The van der Waals surface area contributed by atoms with Crippen LogP contribution in [0.25, 0.3) is 16.5 Å². The number of rotatable bonds is 24. The number of alkyl halides is 6. The molecule has 4 N–H and O–H groups in total. The second-order valence-electron chi connectivity index (χ2n) is 18.0. The molecule has 1 aliphatic heterocycles. The number of nitrogens with zero attached hydrogens (tertiary/aromatic N) is 3. The molecule has 3 aromatic carbocycles. The van der Waals surface area contributed by atoms with Crippen LogP contribution >= 0.6 is 11.3 Å². The van der Waals surface area contributed by atoms with Gasteiger partial charge in [0.05, 0.1) is 80.1 Å². The third-order valence-corrected chi connectivity index (χ3v) is 12.4. The number of β-amino-alcohol motifs (C(OH)–C–C–N with tert-alkyl or cyclic N) is 1. The second kappa shape index (κ2) is 26.6. The molecule has 0 spiro atoms. The fraction of sp³-hybridized carbons (Fsp3) is 0.451. The minimum Gasteiger partial charge on any atom is -0.493 e. The Morgan fingerprint density at radius 3 is 2.18 bits per heavy atom. The summed E-state index contributed by atoms with van der Waals surface area (Å²) >= 11 is 1.55. The fourth-order valence-electron chi connectivity index (χ4n) is 7.56. The lowest BCUT2D eigenvalue weighted by Crippen LogP contribution is -2.57. The smallest absolute Gasteiger partial charge is 0.416 e. The molecule has 0 unspecified atom stereocenters. The van der Waals surface area contributed by atoms with E-state index in [2.05, 4.69) is 20.9 Å². The van der Waals surface area contributed by atoms with Crippen molar-refractivity contribution in [2.75, 3.05) is 59.8 Å². The van der Waals surface area contributed by atoms with E-state index in [9.17, 15) is 55.9 Å². The third-order valence-electron chi connectivity index (χ3n) is 11.5. The molecule has 2 heterocycles. The number of hydrogen-bond donors (Lipinski definition) is 4. The molecule has 400 valence electrons. The molecule has 16 nitrogen and oxygen atoms in total. The Balaban J connectivity index is 0.961. The third kappa shape index (κ3) is 17.0. The van der Waals surface area contributed by atoms with Gasteiger partial charge in [0, 0.05) is 38.0 Å². The SMILES string of the molecule is COc1cc(/C=C(\C#N)C(=O)NCCOCCOCCOCCC(=O)N[C@H](C(=O)N2C[C@H](O)C[C@H]2C(=O)NCc2ccc(-c3scnc3C)cc2)C(C)(C)C)ccc1OCc1ccc(C(F)(F)F)cc1C(F)(F)F. The lowest BCUT2D eigenvalue weighted by Gasteiger charge is -2.35. The van der Waals surface area contributed by atoms with Gasteiger partial charge in [-0.05, 0) is 59.4 Å². The number of ether oxygens (including phenoxy) is 5. The molecule has 4 aromatic rings. The van der Waals surface area contributed by atoms with Gasteiger partial charge in [0.1, 0.15) is 30.3 Å². The molecule has 0 aliphatic carbocycles. The van der Waals surface area contributed by atoms with Gasteiger partial charge in [0.15, 0.2) is 11.5 Å². The number of nitrogens with one attached hydrogen (secondary N) is 3. The minimum absolute atomic E-state index is 0.0125. The summed E-state index contributed by atoms with van der Waals surface area (Å²) in [7, 11) is 1.24. The molecule has 4 amide bonds. The van der Waals surface area contributed by atoms with Crippen molar-refractivity contribution in [2.45, 2.75) is 84.2 Å². The molecule has 1 aromatic heterocycles. The van der Waals surface area contributed by atoms with Crippen LogP contribution in [0.5, 0.6) is 11.5 Å². The Morgan fingerprint density at radius 2 is 1.57 bits per heavy atom. The first kappa shape index (κ1) is 58.3. The average molecular weight is 1060 g/mol. The van der Waals surface area contributed by atoms with Crippen molar-refractivity contribution < 1.29 is 74.3 Å². The zero-order valence-corrected chi connectivity index (χ0v) is 42.1. The maximum Gasteiger partial charge on any atom is 0.416 e. The van der Waals surface area contributed by atoms with Crippen LogP contribution in [0.3, 0.4) is 0 Å². The topological polar surface area (TPSA) is 211 Å². The Labute approximate surface area is 428 Å². The Hall–Kier alpha value is -6.58. The summed E-state index contributed by atoms with van der Waals surface area (Å²) in [6, 6.07) is 12.9. The Bertz CT molecular complexity index is 2630. The molecule has 0 radical (unpaired) electrons. The van der Waals surface area contributed by atoms with Crippen molar-refractivity contribution in [2.24, 2.45) is 5.41 Å². The monoisotopic (exact) mass is 1060 g/mol. The lowest BCUT2D eigenvalue weighted by atomic mass is 9.85. The second-order valence-corrected chi connectivity index (χ2v) is 18.9. The van der Waals surface area contributed by atoms with Gasteiger partial charge in [0.2, 0.25) is 17.7 Å². The zero-order chi connectivity index (χ0) is 54.2. The zero-order valence-electron chi connectivity index (χ0n) is 41.3. The van der Waals surface area contributed by atoms with Crippen LogP contribution in [0.2, 0.25) is 0 Å². The highest BCUT2D eigenvalue weighted by atomic mass is 32.1. The van der Waals surface area contributed by atoms with Gasteiger partial charge in [0.25, 0.3) is 5.91 Å². The molecule has 23 heteroatoms. The lowest BCUT2D eigenvalue weighted by molar-refractivity contribution is -0.144. The summed E-state index contributed by atoms with van der Waals surface area (Å²) in [5.41, 5.74) is 0.360. The molecule has 1 saturated heterocycles. The van der Waals surface area contributed by atoms with Crippen molar-refractivity contribution in [3.8, 4) is 28.0 Å². The van der Waals surface area contributed by atoms with E-state index in [1.54, 1.807) is 43.7 Å². The van der Waals surface area contributed by atoms with Gasteiger partial charge in [-0.1, -0.05) is 57.2 Å². The minimum atomic E-state index is -5.08. The van der Waals surface area contributed by atoms with Crippen molar-refractivity contribution in [3.05, 3.63) is 105 Å². The van der Waals surface area contributed by atoms with Crippen molar-refractivity contribution in [1.82, 2.24) is 25.8 Å². The first-order valence-corrected chi connectivity index (χ1v) is 24.1. The number of aliphatic hydroxyl groups is 1. The van der Waals surface area contributed by atoms with Gasteiger partial charge in [-0.2, -0.15) is 31.6 Å². The molecule has 74 heavy (non-hydrogen) atoms. The summed E-state index contributed by atoms with van der Waals surface area (Å²) in [6.07, 6.45) is -9.74. The van der Waals surface area contributed by atoms with E-state index in [-0.39, 0.29) is 95.3 Å². The van der Waals surface area contributed by atoms with Crippen molar-refractivity contribution >= 4 is 41.0 Å². The van der Waals surface area contributed by atoms with Crippen molar-refractivity contribution in [3.63, 3.8) is 0 Å². The van der Waals surface area contributed by atoms with Gasteiger partial charge >= 0.3 is 12.4 Å². The number of aromatic nitrogens is 1. The fourth-order valence-corrected chi connectivity index (χ4v) is 8.37. The molecule has 0 saturated carbocycles. The summed E-state index contributed by atoms with van der Waals surface area (Å²) in [5.74, 6) is -2.09. The first-order valence-electron chi connectivity index (χ1n) is 23.3. The number of likely N-dealkylation sites (tertiary alicyclic amines) is 1. The van der Waals surface area contributed by atoms with E-state index in [1.807, 2.05) is 31.2 Å². The molecule has 5 rings (SSSR count). The van der Waals surface area contributed by atoms with Gasteiger partial charge < -0.3 is 49.6 Å². The number of carbonyl (C=O) groups is 4. The predicted molar refractivity (Wildman–Crippen MR) is 259 cm³/mol. The number of aryl methyl sites for hydroxylation is 1. The van der Waals surface area contributed by atoms with E-state index in [4.69, 9.17) is 23.7 Å². The summed E-state index contributed by atoms with van der Waals surface area (Å²) in [6.45, 7) is 7.54. The summed E-state index contributed by atoms with van der Waals surface area (Å²) < 4.78 is 107. The molecule has 3 atom stereocenters. The van der Waals surface area contributed by atoms with Crippen LogP contribution in [0.15, 0.2) is 71.7 Å². The number of methoxy groups -OCH3 is 1. The predicted octanol–water partition coefficient (Wildman–Crippen LogP) is 7.02. The van der Waals surface area contributed by atoms with Gasteiger partial charge in [-0.15, -0.1) is 11.3 Å². The van der Waals surface area contributed by atoms with Crippen LogP contribution in [0.1, 0.15) is 67.1 Å². The number of halogens is 6. The maximum absolute atomic E-state index is 13.9. The number of thiazole rings is 1. The van der Waals surface area contributed by atoms with Gasteiger partial charge in [-0.3, -0.25) is 19.2 Å². The van der Waals surface area contributed by atoms with E-state index in [1.165, 1.54) is 36.3 Å². The molecular formula is C51H58F6N6O10S. The Morgan fingerprint density at radius 1 is 0.892 bits per heavy atom. The molecule has 1 aliphatic rings. The maximum atomic E-state index is 13.9. The largest absolute Gasteiger partial charge is 0.493 e. The quantitative estimate of drug-likeness (QED) is 0.0242. The average Bonchev–Trinajstić information content (AvgIpc) is 3.97. The van der Waals surface area contributed by atoms with Crippen LogP contribution < -0.4 is 25.4 Å². The highest BCUT2D eigenvalue weighted by molar-refractivity contribution is 7.13. The number of benzene rings is 3. The van der Waals surface area contributed by atoms with E-state index in [0.717, 1.165) is 21.7 Å². The highest BCUT2D eigenvalue weighted by Gasteiger charge is 2.44. The normalized spacial score (nSPS) is 15.6. The summed E-state index contributed by atoms with van der Waals surface area (Å²) in [4.78, 5) is 59.7. The van der Waals surface area contributed by atoms with Crippen LogP contribution in [-0.4, -0.2) is 117 Å². The van der Waals surface area contributed by atoms with Gasteiger partial charge in [-0.25, -0.2) is 4.98 Å². The Kier molecular flexibility index (Phi) is 20.9. The number of hydrogen-bond acceptors (Lipinski definition) is 13. The number of aliphatic hydroxyl groups excluding tert-OH is 1. The standard InChI is InChI=1S/C51H58F6N6O10S/c1-31-44(74-30-61-31)34-9-6-32(7-10-34)27-60-47(67)40-25-38(64)28-63(40)48(68)45(49(2,3)4)62-43(65)14-16-70-18-20-72-21-19-71-17-15-59-46(66)36(26-58)22-33-8-13-41(42(23-33)69-5)73-29-35-11-12-37(50(52,53)54)24-39(35)51(55,56)57/h6-13,22-24,30,38,40,45,64H,14-21,25,27-29H2,1-5H3,(H,59,66)(H,60,67)(H,62,65)/b36-22+/t38-,40+,45-/m1/s1. The number of nitriles is 1. The highest BCUT2D eigenvalue weighted by Crippen LogP contribution is 2.39.